The van der Waals surface area contributed by atoms with Crippen molar-refractivity contribution in [2.24, 2.45) is 0 Å². The van der Waals surface area contributed by atoms with Crippen LogP contribution in [0.3, 0.4) is 0 Å². The number of piperidine rings is 1. The van der Waals surface area contributed by atoms with Crippen LogP contribution in [0.15, 0.2) is 54.9 Å². The standard InChI is InChI=1S/C23H27ClN4O/c1-26(23(29)21-17-28-15-19(24)11-12-22(28)25-21)20-10-6-14-27(16-20)13-5-9-18-7-3-2-4-8-18/h2-4,7-8,11-12,15,17,20H,5-6,9-10,13-14,16H2,1H3/t20-/m0/s1. The predicted octanol–water partition coefficient (Wildman–Crippen LogP) is 4.16. The first-order valence-corrected chi connectivity index (χ1v) is 10.7. The molecule has 1 atom stereocenters. The maximum absolute atomic E-state index is 13.0. The fourth-order valence-corrected chi connectivity index (χ4v) is 4.28. The summed E-state index contributed by atoms with van der Waals surface area (Å²) in [6.07, 6.45) is 7.93. The van der Waals surface area contributed by atoms with E-state index in [2.05, 4.69) is 40.2 Å². The molecule has 0 spiro atoms. The van der Waals surface area contributed by atoms with Crippen molar-refractivity contribution in [1.82, 2.24) is 19.2 Å². The van der Waals surface area contributed by atoms with Gasteiger partial charge in [-0.1, -0.05) is 41.9 Å². The van der Waals surface area contributed by atoms with Crippen molar-refractivity contribution < 1.29 is 4.79 Å². The Labute approximate surface area is 176 Å². The lowest BCUT2D eigenvalue weighted by Crippen LogP contribution is -2.48. The Morgan fingerprint density at radius 1 is 1.21 bits per heavy atom. The summed E-state index contributed by atoms with van der Waals surface area (Å²) in [6.45, 7) is 3.11. The molecular weight excluding hydrogens is 384 g/mol. The third kappa shape index (κ3) is 4.80. The molecule has 1 aliphatic heterocycles. The minimum Gasteiger partial charge on any atom is -0.336 e. The van der Waals surface area contributed by atoms with Crippen LogP contribution in [-0.4, -0.2) is 57.8 Å². The topological polar surface area (TPSA) is 40.9 Å². The van der Waals surface area contributed by atoms with Crippen LogP contribution >= 0.6 is 11.6 Å². The Kier molecular flexibility index (Phi) is 6.16. The molecule has 1 fully saturated rings. The molecular formula is C23H27ClN4O. The number of pyridine rings is 1. The minimum atomic E-state index is -0.0269. The average Bonchev–Trinajstić information content (AvgIpc) is 3.17. The number of hydrogen-bond donors (Lipinski definition) is 0. The number of fused-ring (bicyclic) bond motifs is 1. The summed E-state index contributed by atoms with van der Waals surface area (Å²) in [5.74, 6) is -0.0269. The van der Waals surface area contributed by atoms with Gasteiger partial charge in [0.2, 0.25) is 0 Å². The van der Waals surface area contributed by atoms with Gasteiger partial charge in [-0.3, -0.25) is 4.79 Å². The van der Waals surface area contributed by atoms with Gasteiger partial charge in [0.1, 0.15) is 11.3 Å². The predicted molar refractivity (Wildman–Crippen MR) is 117 cm³/mol. The smallest absolute Gasteiger partial charge is 0.274 e. The molecule has 2 aromatic heterocycles. The number of halogens is 1. The molecule has 1 saturated heterocycles. The molecule has 1 aliphatic rings. The Bertz CT molecular complexity index is 971. The molecule has 0 aliphatic carbocycles. The van der Waals surface area contributed by atoms with Gasteiger partial charge in [-0.2, -0.15) is 0 Å². The van der Waals surface area contributed by atoms with Gasteiger partial charge in [0, 0.05) is 32.0 Å². The number of aromatic nitrogens is 2. The summed E-state index contributed by atoms with van der Waals surface area (Å²) in [7, 11) is 1.90. The molecule has 0 N–H and O–H groups in total. The summed E-state index contributed by atoms with van der Waals surface area (Å²) < 4.78 is 1.81. The molecule has 0 radical (unpaired) electrons. The number of carbonyl (C=O) groups excluding carboxylic acids is 1. The SMILES string of the molecule is CN(C(=O)c1cn2cc(Cl)ccc2n1)[C@H]1CCCN(CCCc2ccccc2)C1. The van der Waals surface area contributed by atoms with Crippen molar-refractivity contribution in [3.8, 4) is 0 Å². The van der Waals surface area contributed by atoms with Gasteiger partial charge in [0.15, 0.2) is 0 Å². The lowest BCUT2D eigenvalue weighted by Gasteiger charge is -2.37. The number of rotatable bonds is 6. The van der Waals surface area contributed by atoms with Gasteiger partial charge in [-0.15, -0.1) is 0 Å². The van der Waals surface area contributed by atoms with E-state index in [9.17, 15) is 4.79 Å². The first-order chi connectivity index (χ1) is 14.1. The second kappa shape index (κ2) is 8.97. The van der Waals surface area contributed by atoms with E-state index >= 15 is 0 Å². The fourth-order valence-electron chi connectivity index (χ4n) is 4.12. The van der Waals surface area contributed by atoms with E-state index in [1.54, 1.807) is 22.9 Å². The van der Waals surface area contributed by atoms with Gasteiger partial charge < -0.3 is 14.2 Å². The van der Waals surface area contributed by atoms with Crippen molar-refractivity contribution in [2.45, 2.75) is 31.7 Å². The highest BCUT2D eigenvalue weighted by Crippen LogP contribution is 2.19. The van der Waals surface area contributed by atoms with Gasteiger partial charge in [0.05, 0.1) is 5.02 Å². The normalized spacial score (nSPS) is 17.5. The molecule has 5 nitrogen and oxygen atoms in total. The van der Waals surface area contributed by atoms with Crippen molar-refractivity contribution in [3.05, 3.63) is 71.1 Å². The number of amides is 1. The van der Waals surface area contributed by atoms with E-state index in [4.69, 9.17) is 11.6 Å². The zero-order valence-electron chi connectivity index (χ0n) is 16.8. The maximum Gasteiger partial charge on any atom is 0.274 e. The number of likely N-dealkylation sites (N-methyl/N-ethyl adjacent to an activating group) is 1. The minimum absolute atomic E-state index is 0.0269. The molecule has 0 unspecified atom stereocenters. The molecule has 1 aromatic carbocycles. The van der Waals surface area contributed by atoms with Crippen LogP contribution in [0.1, 0.15) is 35.3 Å². The number of aryl methyl sites for hydroxylation is 1. The Morgan fingerprint density at radius 3 is 2.86 bits per heavy atom. The van der Waals surface area contributed by atoms with E-state index in [0.717, 1.165) is 51.0 Å². The Balaban J connectivity index is 1.34. The average molecular weight is 411 g/mol. The number of hydrogen-bond acceptors (Lipinski definition) is 3. The van der Waals surface area contributed by atoms with Gasteiger partial charge >= 0.3 is 0 Å². The largest absolute Gasteiger partial charge is 0.336 e. The molecule has 4 rings (SSSR count). The van der Waals surface area contributed by atoms with Crippen molar-refractivity contribution in [2.75, 3.05) is 26.7 Å². The quantitative estimate of drug-likeness (QED) is 0.612. The zero-order valence-corrected chi connectivity index (χ0v) is 17.6. The number of imidazole rings is 1. The van der Waals surface area contributed by atoms with E-state index in [1.165, 1.54) is 5.56 Å². The van der Waals surface area contributed by atoms with E-state index in [0.29, 0.717) is 10.7 Å². The second-order valence-electron chi connectivity index (χ2n) is 7.84. The monoisotopic (exact) mass is 410 g/mol. The van der Waals surface area contributed by atoms with E-state index in [1.807, 2.05) is 18.0 Å². The lowest BCUT2D eigenvalue weighted by molar-refractivity contribution is 0.0612. The summed E-state index contributed by atoms with van der Waals surface area (Å²) in [4.78, 5) is 21.8. The number of benzene rings is 1. The van der Waals surface area contributed by atoms with Crippen LogP contribution in [0.25, 0.3) is 5.65 Å². The first kappa shape index (κ1) is 19.9. The molecule has 152 valence electrons. The first-order valence-electron chi connectivity index (χ1n) is 10.3. The molecule has 6 heteroatoms. The third-order valence-corrected chi connectivity index (χ3v) is 5.99. The molecule has 29 heavy (non-hydrogen) atoms. The Morgan fingerprint density at radius 2 is 2.03 bits per heavy atom. The maximum atomic E-state index is 13.0. The number of nitrogens with zero attached hydrogens (tertiary/aromatic N) is 4. The summed E-state index contributed by atoms with van der Waals surface area (Å²) in [5, 5.41) is 0.626. The number of carbonyl (C=O) groups is 1. The highest BCUT2D eigenvalue weighted by Gasteiger charge is 2.27. The van der Waals surface area contributed by atoms with Crippen LogP contribution < -0.4 is 0 Å². The van der Waals surface area contributed by atoms with Gasteiger partial charge in [-0.25, -0.2) is 4.98 Å². The highest BCUT2D eigenvalue weighted by molar-refractivity contribution is 6.30. The molecule has 1 amide bonds. The van der Waals surface area contributed by atoms with Crippen LogP contribution in [0, 0.1) is 0 Å². The van der Waals surface area contributed by atoms with Crippen molar-refractivity contribution >= 4 is 23.2 Å². The van der Waals surface area contributed by atoms with Crippen molar-refractivity contribution in [3.63, 3.8) is 0 Å². The van der Waals surface area contributed by atoms with E-state index < -0.39 is 0 Å². The highest BCUT2D eigenvalue weighted by atomic mass is 35.5. The molecule has 0 bridgehead atoms. The molecule has 3 heterocycles. The van der Waals surface area contributed by atoms with Crippen molar-refractivity contribution in [1.29, 1.82) is 0 Å². The Hall–Kier alpha value is -2.37. The number of likely N-dealkylation sites (tertiary alicyclic amines) is 1. The summed E-state index contributed by atoms with van der Waals surface area (Å²) in [6, 6.07) is 14.5. The van der Waals surface area contributed by atoms with Crippen LogP contribution in [0.4, 0.5) is 0 Å². The lowest BCUT2D eigenvalue weighted by atomic mass is 10.0. The molecule has 3 aromatic rings. The van der Waals surface area contributed by atoms with Gasteiger partial charge in [-0.05, 0) is 56.5 Å². The summed E-state index contributed by atoms with van der Waals surface area (Å²) in [5.41, 5.74) is 2.59. The van der Waals surface area contributed by atoms with E-state index in [-0.39, 0.29) is 11.9 Å². The third-order valence-electron chi connectivity index (χ3n) is 5.77. The zero-order chi connectivity index (χ0) is 20.2. The van der Waals surface area contributed by atoms with Crippen LogP contribution in [0.5, 0.6) is 0 Å². The second-order valence-corrected chi connectivity index (χ2v) is 8.28. The van der Waals surface area contributed by atoms with Crippen LogP contribution in [-0.2, 0) is 6.42 Å². The van der Waals surface area contributed by atoms with Crippen LogP contribution in [0.2, 0.25) is 5.02 Å². The molecule has 0 saturated carbocycles. The van der Waals surface area contributed by atoms with Gasteiger partial charge in [0.25, 0.3) is 5.91 Å². The summed E-state index contributed by atoms with van der Waals surface area (Å²) >= 11 is 6.04. The fraction of sp³-hybridized carbons (Fsp3) is 0.391.